The Balaban J connectivity index is 1.77. The minimum Gasteiger partial charge on any atom is -0.396 e. The van der Waals surface area contributed by atoms with Crippen molar-refractivity contribution in [3.05, 3.63) is 61.2 Å². The van der Waals surface area contributed by atoms with Gasteiger partial charge in [0.05, 0.1) is 17.4 Å². The number of hydrogen-bond donors (Lipinski definition) is 1. The summed E-state index contributed by atoms with van der Waals surface area (Å²) in [7, 11) is 0. The third kappa shape index (κ3) is 5.00. The fourth-order valence-corrected chi connectivity index (χ4v) is 7.25. The van der Waals surface area contributed by atoms with E-state index in [4.69, 9.17) is 4.74 Å². The Hall–Kier alpha value is -2.97. The number of aliphatic hydroxyl groups excluding tert-OH is 1. The maximum absolute atomic E-state index is 14.5. The van der Waals surface area contributed by atoms with E-state index >= 15 is 0 Å². The number of benzene rings is 1. The van der Waals surface area contributed by atoms with Crippen molar-refractivity contribution in [3.63, 3.8) is 0 Å². The maximum atomic E-state index is 14.5. The molecule has 218 valence electrons. The molecule has 3 saturated heterocycles. The highest BCUT2D eigenvalue weighted by Gasteiger charge is 2.79. The van der Waals surface area contributed by atoms with Crippen LogP contribution in [0.25, 0.3) is 0 Å². The Labute approximate surface area is 238 Å². The zero-order chi connectivity index (χ0) is 29.1. The van der Waals surface area contributed by atoms with Gasteiger partial charge in [0, 0.05) is 38.8 Å². The summed E-state index contributed by atoms with van der Waals surface area (Å²) in [5, 5.41) is 9.42. The summed E-state index contributed by atoms with van der Waals surface area (Å²) in [6.07, 6.45) is 6.24. The Morgan fingerprint density at radius 2 is 1.82 bits per heavy atom. The van der Waals surface area contributed by atoms with Crippen molar-refractivity contribution in [1.29, 1.82) is 0 Å². The third-order valence-corrected chi connectivity index (χ3v) is 9.10. The van der Waals surface area contributed by atoms with Gasteiger partial charge in [0.1, 0.15) is 11.6 Å². The van der Waals surface area contributed by atoms with E-state index in [1.165, 1.54) is 0 Å². The first-order chi connectivity index (χ1) is 19.2. The summed E-state index contributed by atoms with van der Waals surface area (Å²) in [5.74, 6) is -1.90. The average molecular weight is 552 g/mol. The second kappa shape index (κ2) is 12.3. The molecule has 1 aromatic carbocycles. The molecule has 0 aromatic heterocycles. The van der Waals surface area contributed by atoms with Gasteiger partial charge in [0.2, 0.25) is 17.7 Å². The second-order valence-corrected chi connectivity index (χ2v) is 11.7. The quantitative estimate of drug-likeness (QED) is 0.282. The van der Waals surface area contributed by atoms with E-state index < -0.39 is 29.1 Å². The van der Waals surface area contributed by atoms with Gasteiger partial charge in [0.15, 0.2) is 0 Å². The van der Waals surface area contributed by atoms with Crippen LogP contribution >= 0.6 is 0 Å². The number of carbonyl (C=O) groups is 3. The molecule has 3 aliphatic rings. The van der Waals surface area contributed by atoms with Crippen molar-refractivity contribution in [2.45, 2.75) is 82.7 Å². The second-order valence-electron chi connectivity index (χ2n) is 11.7. The lowest BCUT2D eigenvalue weighted by Crippen LogP contribution is -2.57. The van der Waals surface area contributed by atoms with Gasteiger partial charge in [-0.05, 0) is 51.5 Å². The molecule has 0 aliphatic carbocycles. The molecule has 0 saturated carbocycles. The number of unbranched alkanes of at least 4 members (excludes halogenated alkanes) is 1. The van der Waals surface area contributed by atoms with E-state index in [0.717, 1.165) is 5.56 Å². The van der Waals surface area contributed by atoms with E-state index in [0.29, 0.717) is 58.3 Å². The molecule has 0 radical (unpaired) electrons. The summed E-state index contributed by atoms with van der Waals surface area (Å²) < 4.78 is 6.92. The van der Waals surface area contributed by atoms with Gasteiger partial charge in [0.25, 0.3) is 0 Å². The predicted molar refractivity (Wildman–Crippen MR) is 154 cm³/mol. The van der Waals surface area contributed by atoms with Crippen LogP contribution in [0.4, 0.5) is 0 Å². The van der Waals surface area contributed by atoms with Crippen molar-refractivity contribution in [2.75, 3.05) is 26.2 Å². The number of amides is 3. The van der Waals surface area contributed by atoms with Gasteiger partial charge in [-0.1, -0.05) is 49.4 Å². The van der Waals surface area contributed by atoms with E-state index in [-0.39, 0.29) is 30.4 Å². The molecule has 1 aromatic rings. The Morgan fingerprint density at radius 1 is 1.12 bits per heavy atom. The number of carbonyl (C=O) groups excluding carboxylic acids is 3. The molecule has 3 heterocycles. The lowest BCUT2D eigenvalue weighted by atomic mass is 9.64. The number of hydrogen-bond acceptors (Lipinski definition) is 5. The lowest BCUT2D eigenvalue weighted by Gasteiger charge is -2.38. The fraction of sp³-hybridized carbons (Fsp3) is 0.594. The van der Waals surface area contributed by atoms with Gasteiger partial charge in [-0.15, -0.1) is 13.2 Å². The zero-order valence-corrected chi connectivity index (χ0v) is 24.3. The highest BCUT2D eigenvalue weighted by Crippen LogP contribution is 2.64. The molecule has 8 nitrogen and oxygen atoms in total. The van der Waals surface area contributed by atoms with Crippen LogP contribution in [0.2, 0.25) is 0 Å². The Morgan fingerprint density at radius 3 is 2.42 bits per heavy atom. The summed E-state index contributed by atoms with van der Waals surface area (Å²) in [5.41, 5.74) is -0.870. The molecule has 2 bridgehead atoms. The van der Waals surface area contributed by atoms with Crippen molar-refractivity contribution in [1.82, 2.24) is 14.7 Å². The van der Waals surface area contributed by atoms with Crippen molar-refractivity contribution in [3.8, 4) is 0 Å². The Bertz CT molecular complexity index is 1110. The minimum atomic E-state index is -1.06. The standard InChI is InChI=1S/C32H45N3O5/c1-6-18-33(22-24-14-10-9-11-15-24)28(37)25-26-29(38)35(20-12-13-21-36)27(30(39)34(19-7-2)23(4)5)32(26)17-16-31(25,8-3)40-32/h6-7,9-11,14-15,23,25-27,36H,1-2,8,12-13,16-22H2,3-5H3/t25-,26+,27?,31+,32?/m1/s1. The largest absolute Gasteiger partial charge is 0.396 e. The smallest absolute Gasteiger partial charge is 0.248 e. The average Bonchev–Trinajstić information content (AvgIpc) is 3.55. The summed E-state index contributed by atoms with van der Waals surface area (Å²) in [6, 6.07) is 8.88. The van der Waals surface area contributed by atoms with Crippen LogP contribution in [0.5, 0.6) is 0 Å². The predicted octanol–water partition coefficient (Wildman–Crippen LogP) is 3.55. The molecule has 8 heteroatoms. The molecule has 4 rings (SSSR count). The van der Waals surface area contributed by atoms with Gasteiger partial charge in [-0.2, -0.15) is 0 Å². The van der Waals surface area contributed by atoms with Crippen LogP contribution in [0.1, 0.15) is 58.4 Å². The maximum Gasteiger partial charge on any atom is 0.248 e. The van der Waals surface area contributed by atoms with E-state index in [9.17, 15) is 19.5 Å². The number of ether oxygens (including phenoxy) is 1. The number of likely N-dealkylation sites (tertiary alicyclic amines) is 1. The molecule has 5 atom stereocenters. The van der Waals surface area contributed by atoms with Gasteiger partial charge >= 0.3 is 0 Å². The van der Waals surface area contributed by atoms with Gasteiger partial charge in [-0.3, -0.25) is 14.4 Å². The minimum absolute atomic E-state index is 0.0103. The SMILES string of the molecule is C=CCN(Cc1ccccc1)C(=O)[C@H]1[C@H]2C(=O)N(CCCCO)C(C(=O)N(CC=C)C(C)C)C23CC[C@]1(CC)O3. The molecule has 3 aliphatic heterocycles. The lowest BCUT2D eigenvalue weighted by molar-refractivity contribution is -0.156. The van der Waals surface area contributed by atoms with Crippen LogP contribution in [-0.4, -0.2) is 87.1 Å². The summed E-state index contributed by atoms with van der Waals surface area (Å²) in [4.78, 5) is 48.2. The summed E-state index contributed by atoms with van der Waals surface area (Å²) >= 11 is 0. The van der Waals surface area contributed by atoms with Crippen LogP contribution in [0, 0.1) is 11.8 Å². The number of nitrogens with zero attached hydrogens (tertiary/aromatic N) is 3. The molecular weight excluding hydrogens is 506 g/mol. The van der Waals surface area contributed by atoms with Crippen LogP contribution in [0.3, 0.4) is 0 Å². The normalized spacial score (nSPS) is 28.6. The monoisotopic (exact) mass is 551 g/mol. The first kappa shape index (κ1) is 30.0. The fourth-order valence-electron chi connectivity index (χ4n) is 7.25. The first-order valence-electron chi connectivity index (χ1n) is 14.7. The zero-order valence-electron chi connectivity index (χ0n) is 24.3. The highest BCUT2D eigenvalue weighted by molar-refractivity contribution is 5.99. The van der Waals surface area contributed by atoms with Crippen molar-refractivity contribution in [2.24, 2.45) is 11.8 Å². The highest BCUT2D eigenvalue weighted by atomic mass is 16.5. The molecule has 3 fully saturated rings. The molecule has 1 spiro atoms. The Kier molecular flexibility index (Phi) is 9.20. The van der Waals surface area contributed by atoms with Crippen LogP contribution in [0.15, 0.2) is 55.6 Å². The molecule has 2 unspecified atom stereocenters. The number of aliphatic hydroxyl groups is 1. The molecule has 1 N–H and O–H groups in total. The topological polar surface area (TPSA) is 90.4 Å². The first-order valence-corrected chi connectivity index (χ1v) is 14.7. The van der Waals surface area contributed by atoms with E-state index in [1.54, 1.807) is 26.9 Å². The van der Waals surface area contributed by atoms with Crippen LogP contribution < -0.4 is 0 Å². The molecule has 40 heavy (non-hydrogen) atoms. The number of fused-ring (bicyclic) bond motifs is 1. The number of rotatable bonds is 14. The van der Waals surface area contributed by atoms with Crippen molar-refractivity contribution < 1.29 is 24.2 Å². The van der Waals surface area contributed by atoms with E-state index in [1.807, 2.05) is 51.1 Å². The van der Waals surface area contributed by atoms with Crippen LogP contribution in [-0.2, 0) is 25.7 Å². The molecule has 3 amide bonds. The van der Waals surface area contributed by atoms with Gasteiger partial charge < -0.3 is 24.5 Å². The third-order valence-electron chi connectivity index (χ3n) is 9.10. The van der Waals surface area contributed by atoms with E-state index in [2.05, 4.69) is 13.2 Å². The van der Waals surface area contributed by atoms with Gasteiger partial charge in [-0.25, -0.2) is 0 Å². The van der Waals surface area contributed by atoms with Crippen molar-refractivity contribution >= 4 is 17.7 Å². The summed E-state index contributed by atoms with van der Waals surface area (Å²) in [6.45, 7) is 15.1. The molecular formula is C32H45N3O5.